The first-order valence-corrected chi connectivity index (χ1v) is 12.5. The third-order valence-corrected chi connectivity index (χ3v) is 7.01. The normalized spacial score (nSPS) is 15.0. The van der Waals surface area contributed by atoms with Crippen LogP contribution in [-0.2, 0) is 17.9 Å². The number of amides is 2. The van der Waals surface area contributed by atoms with Crippen molar-refractivity contribution in [2.24, 2.45) is 0 Å². The molecule has 3 aromatic rings. The largest absolute Gasteiger partial charge is 0.487 e. The number of benzene rings is 3. The second-order valence-corrected chi connectivity index (χ2v) is 10.4. The maximum absolute atomic E-state index is 13.2. The van der Waals surface area contributed by atoms with E-state index in [0.29, 0.717) is 22.8 Å². The van der Waals surface area contributed by atoms with E-state index in [1.54, 1.807) is 18.2 Å². The van der Waals surface area contributed by atoms with Gasteiger partial charge in [-0.05, 0) is 98.4 Å². The lowest BCUT2D eigenvalue weighted by Gasteiger charge is -2.13. The highest BCUT2D eigenvalue weighted by Crippen LogP contribution is 2.37. The van der Waals surface area contributed by atoms with E-state index < -0.39 is 0 Å². The van der Waals surface area contributed by atoms with E-state index in [2.05, 4.69) is 45.2 Å². The van der Waals surface area contributed by atoms with Crippen LogP contribution in [0.25, 0.3) is 6.08 Å². The number of halogens is 3. The van der Waals surface area contributed by atoms with Gasteiger partial charge < -0.3 is 4.74 Å². The molecule has 0 aromatic heterocycles. The van der Waals surface area contributed by atoms with E-state index in [-0.39, 0.29) is 23.5 Å². The average molecular weight is 671 g/mol. The lowest BCUT2D eigenvalue weighted by atomic mass is 10.1. The van der Waals surface area contributed by atoms with Gasteiger partial charge >= 0.3 is 0 Å². The second-order valence-electron chi connectivity index (χ2n) is 6.97. The number of ether oxygens (including phenoxy) is 1. The van der Waals surface area contributed by atoms with Crippen molar-refractivity contribution in [1.29, 1.82) is 0 Å². The Morgan fingerprint density at radius 1 is 0.969 bits per heavy atom. The molecule has 1 heterocycles. The number of carbonyl (C=O) groups excluding carboxylic acids is 2. The zero-order chi connectivity index (χ0) is 22.7. The van der Waals surface area contributed by atoms with Gasteiger partial charge in [0.15, 0.2) is 0 Å². The molecule has 4 rings (SSSR count). The van der Waals surface area contributed by atoms with Crippen LogP contribution < -0.4 is 4.74 Å². The quantitative estimate of drug-likeness (QED) is 0.213. The summed E-state index contributed by atoms with van der Waals surface area (Å²) in [6.45, 7) is 0.494. The molecule has 4 nitrogen and oxygen atoms in total. The lowest BCUT2D eigenvalue weighted by Crippen LogP contribution is -2.27. The van der Waals surface area contributed by atoms with Crippen molar-refractivity contribution in [3.63, 3.8) is 0 Å². The molecule has 0 atom stereocenters. The molecule has 0 unspecified atom stereocenters. The molecule has 162 valence electrons. The zero-order valence-electron chi connectivity index (χ0n) is 16.6. The predicted molar refractivity (Wildman–Crippen MR) is 141 cm³/mol. The van der Waals surface area contributed by atoms with Crippen molar-refractivity contribution in [2.45, 2.75) is 13.2 Å². The summed E-state index contributed by atoms with van der Waals surface area (Å²) >= 11 is 5.33. The SMILES string of the molecule is O=C1S/C(=C\c2cc(I)cc(I)c2OCc2ccccc2)C(=O)N1Cc1ccc(F)cc1. The molecular formula is C24H16FI2NO3S. The fourth-order valence-corrected chi connectivity index (χ4v) is 5.99. The highest BCUT2D eigenvalue weighted by molar-refractivity contribution is 14.1. The summed E-state index contributed by atoms with van der Waals surface area (Å²) in [5, 5.41) is -0.349. The smallest absolute Gasteiger partial charge is 0.293 e. The molecule has 32 heavy (non-hydrogen) atoms. The minimum atomic E-state index is -0.368. The van der Waals surface area contributed by atoms with Gasteiger partial charge in [-0.1, -0.05) is 42.5 Å². The molecule has 3 aromatic carbocycles. The third-order valence-electron chi connectivity index (χ3n) is 4.68. The highest BCUT2D eigenvalue weighted by Gasteiger charge is 2.35. The summed E-state index contributed by atoms with van der Waals surface area (Å²) < 4.78 is 21.2. The van der Waals surface area contributed by atoms with Crippen molar-refractivity contribution in [3.05, 3.63) is 101 Å². The Balaban J connectivity index is 1.59. The monoisotopic (exact) mass is 671 g/mol. The average Bonchev–Trinajstić information content (AvgIpc) is 3.02. The summed E-state index contributed by atoms with van der Waals surface area (Å²) in [7, 11) is 0. The van der Waals surface area contributed by atoms with Crippen LogP contribution in [0.5, 0.6) is 5.75 Å². The van der Waals surface area contributed by atoms with E-state index in [0.717, 1.165) is 30.0 Å². The second kappa shape index (κ2) is 10.3. The van der Waals surface area contributed by atoms with Crippen LogP contribution in [-0.4, -0.2) is 16.0 Å². The maximum Gasteiger partial charge on any atom is 0.293 e. The van der Waals surface area contributed by atoms with Crippen LogP contribution in [0.2, 0.25) is 0 Å². The Hall–Kier alpha value is -1.92. The van der Waals surface area contributed by atoms with E-state index in [4.69, 9.17) is 4.74 Å². The molecule has 1 fully saturated rings. The molecule has 0 bridgehead atoms. The van der Waals surface area contributed by atoms with Crippen molar-refractivity contribution in [2.75, 3.05) is 0 Å². The number of imide groups is 1. The Bertz CT molecular complexity index is 1200. The molecular weight excluding hydrogens is 655 g/mol. The van der Waals surface area contributed by atoms with Crippen molar-refractivity contribution in [3.8, 4) is 5.75 Å². The topological polar surface area (TPSA) is 46.6 Å². The van der Waals surface area contributed by atoms with Crippen molar-refractivity contribution >= 4 is 74.2 Å². The predicted octanol–water partition coefficient (Wildman–Crippen LogP) is 6.85. The highest BCUT2D eigenvalue weighted by atomic mass is 127. The Morgan fingerprint density at radius 3 is 2.41 bits per heavy atom. The van der Waals surface area contributed by atoms with Gasteiger partial charge in [0.05, 0.1) is 15.0 Å². The molecule has 2 amide bonds. The fraction of sp³-hybridized carbons (Fsp3) is 0.0833. The van der Waals surface area contributed by atoms with Gasteiger partial charge in [-0.3, -0.25) is 14.5 Å². The number of thioether (sulfide) groups is 1. The Morgan fingerprint density at radius 2 is 1.69 bits per heavy atom. The van der Waals surface area contributed by atoms with Gasteiger partial charge in [0, 0.05) is 9.13 Å². The molecule has 0 aliphatic carbocycles. The number of rotatable bonds is 6. The van der Waals surface area contributed by atoms with Crippen LogP contribution >= 0.6 is 56.9 Å². The molecule has 1 aliphatic heterocycles. The third kappa shape index (κ3) is 5.52. The summed E-state index contributed by atoms with van der Waals surface area (Å²) in [4.78, 5) is 27.0. The minimum Gasteiger partial charge on any atom is -0.487 e. The van der Waals surface area contributed by atoms with E-state index in [9.17, 15) is 14.0 Å². The first-order chi connectivity index (χ1) is 15.4. The van der Waals surface area contributed by atoms with E-state index in [1.807, 2.05) is 42.5 Å². The van der Waals surface area contributed by atoms with Gasteiger partial charge in [-0.2, -0.15) is 0 Å². The van der Waals surface area contributed by atoms with E-state index in [1.165, 1.54) is 17.0 Å². The Labute approximate surface area is 216 Å². The summed E-state index contributed by atoms with van der Waals surface area (Å²) in [5.41, 5.74) is 2.46. The van der Waals surface area contributed by atoms with Crippen LogP contribution in [0, 0.1) is 13.0 Å². The molecule has 0 radical (unpaired) electrons. The van der Waals surface area contributed by atoms with Crippen molar-refractivity contribution in [1.82, 2.24) is 4.90 Å². The van der Waals surface area contributed by atoms with Gasteiger partial charge in [0.1, 0.15) is 18.2 Å². The molecule has 0 saturated carbocycles. The number of nitrogens with zero attached hydrogens (tertiary/aromatic N) is 1. The fourth-order valence-electron chi connectivity index (χ4n) is 3.12. The maximum atomic E-state index is 13.2. The number of carbonyl (C=O) groups is 2. The standard InChI is InChI=1S/C24H16FI2NO3S/c25-18-8-6-15(7-9-18)13-28-23(29)21(32-24(28)30)11-17-10-19(26)12-20(27)22(17)31-14-16-4-2-1-3-5-16/h1-12H,13-14H2/b21-11-. The van der Waals surface area contributed by atoms with E-state index >= 15 is 0 Å². The molecule has 1 aliphatic rings. The van der Waals surface area contributed by atoms with Gasteiger partial charge in [-0.25, -0.2) is 4.39 Å². The molecule has 1 saturated heterocycles. The summed E-state index contributed by atoms with van der Waals surface area (Å²) in [6, 6.07) is 19.5. The summed E-state index contributed by atoms with van der Waals surface area (Å²) in [6.07, 6.45) is 1.71. The first-order valence-electron chi connectivity index (χ1n) is 9.56. The van der Waals surface area contributed by atoms with Crippen LogP contribution in [0.4, 0.5) is 9.18 Å². The first kappa shape index (κ1) is 23.2. The molecule has 0 spiro atoms. The number of hydrogen-bond acceptors (Lipinski definition) is 4. The van der Waals surface area contributed by atoms with Crippen LogP contribution in [0.3, 0.4) is 0 Å². The Kier molecular flexibility index (Phi) is 7.51. The summed E-state index contributed by atoms with van der Waals surface area (Å²) in [5.74, 6) is -0.0634. The lowest BCUT2D eigenvalue weighted by molar-refractivity contribution is -0.123. The zero-order valence-corrected chi connectivity index (χ0v) is 21.7. The van der Waals surface area contributed by atoms with Crippen molar-refractivity contribution < 1.29 is 18.7 Å². The minimum absolute atomic E-state index is 0.101. The van der Waals surface area contributed by atoms with Gasteiger partial charge in [-0.15, -0.1) is 0 Å². The molecule has 0 N–H and O–H groups in total. The molecule has 8 heteroatoms. The van der Waals surface area contributed by atoms with Gasteiger partial charge in [0.2, 0.25) is 0 Å². The van der Waals surface area contributed by atoms with Gasteiger partial charge in [0.25, 0.3) is 11.1 Å². The van der Waals surface area contributed by atoms with Crippen LogP contribution in [0.1, 0.15) is 16.7 Å². The number of hydrogen-bond donors (Lipinski definition) is 0. The van der Waals surface area contributed by atoms with Crippen LogP contribution in [0.15, 0.2) is 71.6 Å².